The zero-order valence-electron chi connectivity index (χ0n) is 19.8. The van der Waals surface area contributed by atoms with Crippen molar-refractivity contribution in [2.75, 3.05) is 21.3 Å². The first kappa shape index (κ1) is 21.1. The lowest BCUT2D eigenvalue weighted by Gasteiger charge is -2.15. The molecule has 0 aliphatic carbocycles. The van der Waals surface area contributed by atoms with Crippen LogP contribution >= 0.6 is 0 Å². The number of hydrogen-bond acceptors (Lipinski definition) is 4. The van der Waals surface area contributed by atoms with E-state index in [2.05, 4.69) is 65.2 Å². The van der Waals surface area contributed by atoms with E-state index < -0.39 is 0 Å². The normalized spacial score (nSPS) is 11.3. The van der Waals surface area contributed by atoms with Gasteiger partial charge >= 0.3 is 0 Å². The fourth-order valence-corrected chi connectivity index (χ4v) is 4.94. The van der Waals surface area contributed by atoms with Crippen LogP contribution in [-0.2, 0) is 0 Å². The number of aromatic nitrogens is 2. The van der Waals surface area contributed by atoms with E-state index in [9.17, 15) is 0 Å². The van der Waals surface area contributed by atoms with Gasteiger partial charge in [0, 0.05) is 22.0 Å². The van der Waals surface area contributed by atoms with Crippen LogP contribution in [0.15, 0.2) is 91.0 Å². The standard InChI is InChI=1S/C30H24N2O3/c1-33-25-17-19(18-26(34-2)29(25)35-3)30-31-27-23-15-9-7-13-21(23)22-14-8-10-16-24(22)28(27)32(30)20-11-5-4-6-12-20/h4-18H,1-3H3. The molecule has 0 spiro atoms. The fraction of sp³-hybridized carbons (Fsp3) is 0.100. The minimum Gasteiger partial charge on any atom is -0.493 e. The average molecular weight is 461 g/mol. The van der Waals surface area contributed by atoms with E-state index in [0.717, 1.165) is 38.9 Å². The van der Waals surface area contributed by atoms with Crippen LogP contribution in [0.3, 0.4) is 0 Å². The van der Waals surface area contributed by atoms with Crippen LogP contribution in [-0.4, -0.2) is 30.9 Å². The summed E-state index contributed by atoms with van der Waals surface area (Å²) in [4.78, 5) is 5.25. The van der Waals surface area contributed by atoms with Crippen LogP contribution in [0.1, 0.15) is 0 Å². The monoisotopic (exact) mass is 460 g/mol. The van der Waals surface area contributed by atoms with Crippen molar-refractivity contribution in [1.29, 1.82) is 0 Å². The number of methoxy groups -OCH3 is 3. The second-order valence-corrected chi connectivity index (χ2v) is 8.31. The summed E-state index contributed by atoms with van der Waals surface area (Å²) in [5.41, 5.74) is 3.91. The molecule has 5 aromatic carbocycles. The summed E-state index contributed by atoms with van der Waals surface area (Å²) in [5.74, 6) is 2.52. The van der Waals surface area contributed by atoms with Gasteiger partial charge in [-0.25, -0.2) is 4.98 Å². The third kappa shape index (κ3) is 3.20. The van der Waals surface area contributed by atoms with Gasteiger partial charge in [0.2, 0.25) is 5.75 Å². The number of ether oxygens (including phenoxy) is 3. The Hall–Kier alpha value is -4.51. The van der Waals surface area contributed by atoms with E-state index in [1.807, 2.05) is 30.3 Å². The molecule has 0 N–H and O–H groups in total. The molecule has 0 saturated heterocycles. The van der Waals surface area contributed by atoms with Gasteiger partial charge in [0.15, 0.2) is 11.5 Å². The Morgan fingerprint density at radius 3 is 1.74 bits per heavy atom. The number of benzene rings is 5. The molecule has 172 valence electrons. The highest BCUT2D eigenvalue weighted by Crippen LogP contribution is 2.44. The van der Waals surface area contributed by atoms with Crippen LogP contribution in [0.4, 0.5) is 0 Å². The van der Waals surface area contributed by atoms with Gasteiger partial charge in [0.1, 0.15) is 5.82 Å². The van der Waals surface area contributed by atoms with Gasteiger partial charge in [-0.05, 0) is 35.0 Å². The summed E-state index contributed by atoms with van der Waals surface area (Å²) in [7, 11) is 4.86. The van der Waals surface area contributed by atoms with Gasteiger partial charge in [-0.3, -0.25) is 4.57 Å². The van der Waals surface area contributed by atoms with Crippen LogP contribution < -0.4 is 14.2 Å². The van der Waals surface area contributed by atoms with Crippen molar-refractivity contribution in [3.05, 3.63) is 91.0 Å². The molecule has 1 aromatic heterocycles. The Morgan fingerprint density at radius 2 is 1.14 bits per heavy atom. The van der Waals surface area contributed by atoms with Crippen LogP contribution in [0.2, 0.25) is 0 Å². The molecule has 0 atom stereocenters. The van der Waals surface area contributed by atoms with Crippen molar-refractivity contribution in [2.45, 2.75) is 0 Å². The topological polar surface area (TPSA) is 45.5 Å². The molecule has 0 unspecified atom stereocenters. The Bertz CT molecular complexity index is 1680. The van der Waals surface area contributed by atoms with Gasteiger partial charge in [-0.2, -0.15) is 0 Å². The van der Waals surface area contributed by atoms with Gasteiger partial charge in [0.05, 0.1) is 32.4 Å². The highest BCUT2D eigenvalue weighted by molar-refractivity contribution is 6.24. The lowest BCUT2D eigenvalue weighted by Crippen LogP contribution is -2.00. The third-order valence-electron chi connectivity index (χ3n) is 6.47. The first-order valence-electron chi connectivity index (χ1n) is 11.4. The maximum absolute atomic E-state index is 5.66. The van der Waals surface area contributed by atoms with E-state index >= 15 is 0 Å². The number of fused-ring (bicyclic) bond motifs is 6. The minimum atomic E-state index is 0.553. The van der Waals surface area contributed by atoms with Crippen LogP contribution in [0, 0.1) is 0 Å². The molecule has 1 heterocycles. The SMILES string of the molecule is COc1cc(-c2nc3c4ccccc4c4ccccc4c3n2-c2ccccc2)cc(OC)c1OC. The van der Waals surface area contributed by atoms with E-state index in [1.165, 1.54) is 10.8 Å². The maximum atomic E-state index is 5.66. The van der Waals surface area contributed by atoms with Crippen molar-refractivity contribution in [3.8, 4) is 34.3 Å². The molecule has 6 rings (SSSR count). The lowest BCUT2D eigenvalue weighted by molar-refractivity contribution is 0.324. The van der Waals surface area contributed by atoms with Gasteiger partial charge in [-0.15, -0.1) is 0 Å². The molecule has 0 aliphatic heterocycles. The molecule has 5 heteroatoms. The Balaban J connectivity index is 1.82. The van der Waals surface area contributed by atoms with Gasteiger partial charge in [0.25, 0.3) is 0 Å². The zero-order valence-corrected chi connectivity index (χ0v) is 19.8. The fourth-order valence-electron chi connectivity index (χ4n) is 4.94. The molecule has 0 amide bonds. The number of rotatable bonds is 5. The molecule has 0 fully saturated rings. The molecule has 5 nitrogen and oxygen atoms in total. The Labute approximate surface area is 203 Å². The molecule has 0 radical (unpaired) electrons. The number of hydrogen-bond donors (Lipinski definition) is 0. The van der Waals surface area contributed by atoms with Crippen molar-refractivity contribution in [3.63, 3.8) is 0 Å². The van der Waals surface area contributed by atoms with E-state index in [4.69, 9.17) is 19.2 Å². The van der Waals surface area contributed by atoms with E-state index in [1.54, 1.807) is 21.3 Å². The summed E-state index contributed by atoms with van der Waals surface area (Å²) < 4.78 is 19.1. The predicted molar refractivity (Wildman–Crippen MR) is 141 cm³/mol. The van der Waals surface area contributed by atoms with Gasteiger partial charge in [-0.1, -0.05) is 66.7 Å². The first-order chi connectivity index (χ1) is 17.2. The summed E-state index contributed by atoms with van der Waals surface area (Å²) in [6, 6.07) is 31.2. The van der Waals surface area contributed by atoms with Gasteiger partial charge < -0.3 is 14.2 Å². The maximum Gasteiger partial charge on any atom is 0.203 e. The van der Waals surface area contributed by atoms with Crippen molar-refractivity contribution < 1.29 is 14.2 Å². The third-order valence-corrected chi connectivity index (χ3v) is 6.47. The molecule has 0 saturated carbocycles. The second kappa shape index (κ2) is 8.37. The first-order valence-corrected chi connectivity index (χ1v) is 11.4. The van der Waals surface area contributed by atoms with Crippen molar-refractivity contribution in [2.24, 2.45) is 0 Å². The second-order valence-electron chi connectivity index (χ2n) is 8.31. The highest BCUT2D eigenvalue weighted by atomic mass is 16.5. The van der Waals surface area contributed by atoms with Crippen LogP contribution in [0.5, 0.6) is 17.2 Å². The Morgan fingerprint density at radius 1 is 0.600 bits per heavy atom. The zero-order chi connectivity index (χ0) is 23.9. The minimum absolute atomic E-state index is 0.553. The molecule has 0 bridgehead atoms. The molecule has 35 heavy (non-hydrogen) atoms. The number of para-hydroxylation sites is 1. The molecule has 6 aromatic rings. The van der Waals surface area contributed by atoms with Crippen molar-refractivity contribution in [1.82, 2.24) is 9.55 Å². The predicted octanol–water partition coefficient (Wildman–Crippen LogP) is 7.02. The quantitative estimate of drug-likeness (QED) is 0.259. The van der Waals surface area contributed by atoms with Crippen molar-refractivity contribution >= 4 is 32.6 Å². The largest absolute Gasteiger partial charge is 0.493 e. The molecular weight excluding hydrogens is 436 g/mol. The summed E-state index contributed by atoms with van der Waals surface area (Å²) in [6.45, 7) is 0. The summed E-state index contributed by atoms with van der Waals surface area (Å²) >= 11 is 0. The smallest absolute Gasteiger partial charge is 0.203 e. The average Bonchev–Trinajstić information content (AvgIpc) is 3.34. The van der Waals surface area contributed by atoms with E-state index in [0.29, 0.717) is 17.2 Å². The van der Waals surface area contributed by atoms with Crippen LogP contribution in [0.25, 0.3) is 49.7 Å². The molecule has 0 aliphatic rings. The number of nitrogens with zero attached hydrogens (tertiary/aromatic N) is 2. The van der Waals surface area contributed by atoms with E-state index in [-0.39, 0.29) is 0 Å². The number of imidazole rings is 1. The summed E-state index contributed by atoms with van der Waals surface area (Å²) in [5, 5.41) is 4.65. The molecular formula is C30H24N2O3. The summed E-state index contributed by atoms with van der Waals surface area (Å²) in [6.07, 6.45) is 0. The Kier molecular flexibility index (Phi) is 5.03. The highest BCUT2D eigenvalue weighted by Gasteiger charge is 2.22. The lowest BCUT2D eigenvalue weighted by atomic mass is 10.00.